The molecule has 1 aromatic carbocycles. The van der Waals surface area contributed by atoms with E-state index in [1.807, 2.05) is 24.0 Å². The fourth-order valence-electron chi connectivity index (χ4n) is 4.37. The molecule has 31 heavy (non-hydrogen) atoms. The Kier molecular flexibility index (Phi) is 6.41. The molecule has 7 nitrogen and oxygen atoms in total. The van der Waals surface area contributed by atoms with Crippen molar-refractivity contribution in [2.24, 2.45) is 0 Å². The van der Waals surface area contributed by atoms with Crippen LogP contribution >= 0.6 is 0 Å². The molecule has 7 heteroatoms. The van der Waals surface area contributed by atoms with Crippen LogP contribution in [-0.4, -0.2) is 67.2 Å². The second-order valence-electron chi connectivity index (χ2n) is 8.79. The monoisotopic (exact) mass is 423 g/mol. The number of rotatable bonds is 5. The third-order valence-electron chi connectivity index (χ3n) is 6.14. The fraction of sp³-hybridized carbons (Fsp3) is 0.542. The van der Waals surface area contributed by atoms with Crippen LogP contribution < -0.4 is 14.5 Å². The molecule has 0 saturated carbocycles. The predicted molar refractivity (Wildman–Crippen MR) is 123 cm³/mol. The zero-order chi connectivity index (χ0) is 22.0. The molecule has 0 bridgehead atoms. The third kappa shape index (κ3) is 4.82. The Balaban J connectivity index is 1.37. The zero-order valence-corrected chi connectivity index (χ0v) is 19.1. The Morgan fingerprint density at radius 2 is 1.87 bits per heavy atom. The average Bonchev–Trinajstić information content (AvgIpc) is 2.78. The standard InChI is InChI=1S/C24H33N5O2/c1-17(2)24-25-18(3)14-22(26-24)28-12-10-27(11-13-28)16-23(30)29-9-5-6-19-15-20(31-4)7-8-21(19)29/h7-8,14-15,17H,5-6,9-13,16H2,1-4H3. The van der Waals surface area contributed by atoms with Gasteiger partial charge < -0.3 is 14.5 Å². The van der Waals surface area contributed by atoms with Crippen molar-refractivity contribution in [3.63, 3.8) is 0 Å². The molecule has 2 aliphatic heterocycles. The summed E-state index contributed by atoms with van der Waals surface area (Å²) >= 11 is 0. The van der Waals surface area contributed by atoms with E-state index >= 15 is 0 Å². The van der Waals surface area contributed by atoms with Crippen LogP contribution in [0.15, 0.2) is 24.3 Å². The molecule has 0 atom stereocenters. The van der Waals surface area contributed by atoms with Crippen molar-refractivity contribution in [1.82, 2.24) is 14.9 Å². The van der Waals surface area contributed by atoms with Crippen molar-refractivity contribution in [2.75, 3.05) is 56.2 Å². The number of ether oxygens (including phenoxy) is 1. The number of aromatic nitrogens is 2. The maximum atomic E-state index is 13.1. The van der Waals surface area contributed by atoms with Crippen LogP contribution in [0.3, 0.4) is 0 Å². The number of benzene rings is 1. The lowest BCUT2D eigenvalue weighted by Gasteiger charge is -2.37. The number of carbonyl (C=O) groups is 1. The molecule has 0 spiro atoms. The highest BCUT2D eigenvalue weighted by atomic mass is 16.5. The van der Waals surface area contributed by atoms with Crippen LogP contribution in [0.2, 0.25) is 0 Å². The molecular weight excluding hydrogens is 390 g/mol. The summed E-state index contributed by atoms with van der Waals surface area (Å²) in [5, 5.41) is 0. The Bertz CT molecular complexity index is 938. The van der Waals surface area contributed by atoms with Gasteiger partial charge in [-0.3, -0.25) is 9.69 Å². The Hall–Kier alpha value is -2.67. The number of aryl methyl sites for hydroxylation is 2. The van der Waals surface area contributed by atoms with Crippen LogP contribution in [0.4, 0.5) is 11.5 Å². The molecule has 1 aromatic heterocycles. The van der Waals surface area contributed by atoms with Crippen molar-refractivity contribution in [3.05, 3.63) is 41.3 Å². The van der Waals surface area contributed by atoms with Crippen molar-refractivity contribution >= 4 is 17.4 Å². The van der Waals surface area contributed by atoms with E-state index in [0.29, 0.717) is 12.5 Å². The van der Waals surface area contributed by atoms with Gasteiger partial charge in [0.25, 0.3) is 0 Å². The maximum Gasteiger partial charge on any atom is 0.241 e. The minimum absolute atomic E-state index is 0.180. The topological polar surface area (TPSA) is 61.8 Å². The number of carbonyl (C=O) groups excluding carboxylic acids is 1. The molecule has 2 aliphatic rings. The van der Waals surface area contributed by atoms with E-state index in [4.69, 9.17) is 9.72 Å². The number of hydrogen-bond acceptors (Lipinski definition) is 6. The normalized spacial score (nSPS) is 17.1. The molecule has 3 heterocycles. The van der Waals surface area contributed by atoms with Crippen molar-refractivity contribution < 1.29 is 9.53 Å². The van der Waals surface area contributed by atoms with Gasteiger partial charge in [0.05, 0.1) is 13.7 Å². The molecule has 0 N–H and O–H groups in total. The molecule has 0 unspecified atom stereocenters. The van der Waals surface area contributed by atoms with Gasteiger partial charge in [-0.1, -0.05) is 13.8 Å². The molecule has 0 radical (unpaired) electrons. The molecule has 1 saturated heterocycles. The van der Waals surface area contributed by atoms with E-state index in [1.165, 1.54) is 5.56 Å². The maximum absolute atomic E-state index is 13.1. The fourth-order valence-corrected chi connectivity index (χ4v) is 4.37. The first-order valence-corrected chi connectivity index (χ1v) is 11.2. The molecule has 1 amide bonds. The van der Waals surface area contributed by atoms with Gasteiger partial charge in [0.2, 0.25) is 5.91 Å². The number of anilines is 2. The van der Waals surface area contributed by atoms with E-state index in [0.717, 1.165) is 74.3 Å². The number of amides is 1. The van der Waals surface area contributed by atoms with Gasteiger partial charge in [0.15, 0.2) is 0 Å². The number of hydrogen-bond donors (Lipinski definition) is 0. The molecule has 1 fully saturated rings. The van der Waals surface area contributed by atoms with E-state index < -0.39 is 0 Å². The van der Waals surface area contributed by atoms with E-state index in [-0.39, 0.29) is 5.91 Å². The summed E-state index contributed by atoms with van der Waals surface area (Å²) < 4.78 is 5.35. The first-order chi connectivity index (χ1) is 14.9. The van der Waals surface area contributed by atoms with Crippen molar-refractivity contribution in [3.8, 4) is 5.75 Å². The third-order valence-corrected chi connectivity index (χ3v) is 6.14. The number of nitrogens with zero attached hydrogens (tertiary/aromatic N) is 5. The lowest BCUT2D eigenvalue weighted by molar-refractivity contribution is -0.119. The highest BCUT2D eigenvalue weighted by Crippen LogP contribution is 2.30. The minimum atomic E-state index is 0.180. The Morgan fingerprint density at radius 3 is 2.58 bits per heavy atom. The largest absolute Gasteiger partial charge is 0.497 e. The highest BCUT2D eigenvalue weighted by Gasteiger charge is 2.26. The lowest BCUT2D eigenvalue weighted by Crippen LogP contribution is -2.51. The summed E-state index contributed by atoms with van der Waals surface area (Å²) in [6.45, 7) is 11.0. The summed E-state index contributed by atoms with van der Waals surface area (Å²) in [6, 6.07) is 8.08. The first kappa shape index (κ1) is 21.6. The van der Waals surface area contributed by atoms with Gasteiger partial charge in [0.1, 0.15) is 17.4 Å². The molecular formula is C24H33N5O2. The molecule has 0 aliphatic carbocycles. The molecule has 2 aromatic rings. The number of fused-ring (bicyclic) bond motifs is 1. The van der Waals surface area contributed by atoms with Gasteiger partial charge >= 0.3 is 0 Å². The van der Waals surface area contributed by atoms with Gasteiger partial charge in [-0.2, -0.15) is 0 Å². The van der Waals surface area contributed by atoms with Crippen LogP contribution in [-0.2, 0) is 11.2 Å². The highest BCUT2D eigenvalue weighted by molar-refractivity contribution is 5.96. The molecule has 4 rings (SSSR count). The van der Waals surface area contributed by atoms with Crippen LogP contribution in [0.1, 0.15) is 43.3 Å². The van der Waals surface area contributed by atoms with E-state index in [2.05, 4.69) is 40.8 Å². The van der Waals surface area contributed by atoms with Gasteiger partial charge in [-0.25, -0.2) is 9.97 Å². The quantitative estimate of drug-likeness (QED) is 0.737. The smallest absolute Gasteiger partial charge is 0.241 e. The van der Waals surface area contributed by atoms with Gasteiger partial charge in [0, 0.05) is 56.1 Å². The Labute approximate surface area is 185 Å². The summed E-state index contributed by atoms with van der Waals surface area (Å²) in [4.78, 5) is 29.0. The summed E-state index contributed by atoms with van der Waals surface area (Å²) in [6.07, 6.45) is 1.98. The lowest BCUT2D eigenvalue weighted by atomic mass is 10.0. The van der Waals surface area contributed by atoms with Gasteiger partial charge in [-0.05, 0) is 43.5 Å². The van der Waals surface area contributed by atoms with Crippen LogP contribution in [0.5, 0.6) is 5.75 Å². The average molecular weight is 424 g/mol. The van der Waals surface area contributed by atoms with E-state index in [9.17, 15) is 4.79 Å². The predicted octanol–water partition coefficient (Wildman–Crippen LogP) is 3.02. The van der Waals surface area contributed by atoms with Gasteiger partial charge in [-0.15, -0.1) is 0 Å². The van der Waals surface area contributed by atoms with Crippen LogP contribution in [0.25, 0.3) is 0 Å². The summed E-state index contributed by atoms with van der Waals surface area (Å²) in [7, 11) is 1.68. The minimum Gasteiger partial charge on any atom is -0.497 e. The Morgan fingerprint density at radius 1 is 1.10 bits per heavy atom. The second-order valence-corrected chi connectivity index (χ2v) is 8.79. The molecule has 166 valence electrons. The number of methoxy groups -OCH3 is 1. The van der Waals surface area contributed by atoms with Crippen LogP contribution in [0, 0.1) is 6.92 Å². The SMILES string of the molecule is COc1ccc2c(c1)CCCN2C(=O)CN1CCN(c2cc(C)nc(C(C)C)n2)CC1. The second kappa shape index (κ2) is 9.22. The van der Waals surface area contributed by atoms with E-state index in [1.54, 1.807) is 7.11 Å². The first-order valence-electron chi connectivity index (χ1n) is 11.2. The number of piperazine rings is 1. The van der Waals surface area contributed by atoms with Crippen molar-refractivity contribution in [1.29, 1.82) is 0 Å². The summed E-state index contributed by atoms with van der Waals surface area (Å²) in [5.41, 5.74) is 3.24. The zero-order valence-electron chi connectivity index (χ0n) is 19.1. The van der Waals surface area contributed by atoms with Crippen molar-refractivity contribution in [2.45, 2.75) is 39.5 Å². The summed E-state index contributed by atoms with van der Waals surface area (Å²) in [5.74, 6) is 3.24.